The highest BCUT2D eigenvalue weighted by atomic mass is 16.5. The van der Waals surface area contributed by atoms with Crippen LogP contribution in [0.4, 0.5) is 5.69 Å². The van der Waals surface area contributed by atoms with Gasteiger partial charge in [-0.2, -0.15) is 0 Å². The van der Waals surface area contributed by atoms with E-state index in [0.717, 1.165) is 28.3 Å². The number of nitrogens with one attached hydrogen (secondary N) is 1. The van der Waals surface area contributed by atoms with Crippen molar-refractivity contribution in [2.24, 2.45) is 0 Å². The molecular weight excluding hydrogens is 278 g/mol. The van der Waals surface area contributed by atoms with E-state index in [1.165, 1.54) is 0 Å². The van der Waals surface area contributed by atoms with E-state index in [4.69, 9.17) is 4.74 Å². The molecular formula is C17H17N3O2. The fourth-order valence-electron chi connectivity index (χ4n) is 2.38. The van der Waals surface area contributed by atoms with Gasteiger partial charge in [0.1, 0.15) is 11.6 Å². The lowest BCUT2D eigenvalue weighted by molar-refractivity contribution is 0.0993. The highest BCUT2D eigenvalue weighted by Gasteiger charge is 2.14. The average molecular weight is 295 g/mol. The number of amides is 1. The van der Waals surface area contributed by atoms with Gasteiger partial charge in [0, 0.05) is 18.3 Å². The molecule has 3 rings (SSSR count). The number of nitrogens with zero attached hydrogens (tertiary/aromatic N) is 2. The fraction of sp³-hybridized carbons (Fsp3) is 0.176. The number of hydrogen-bond acceptors (Lipinski definition) is 3. The van der Waals surface area contributed by atoms with Crippen molar-refractivity contribution in [2.45, 2.75) is 6.92 Å². The highest BCUT2D eigenvalue weighted by molar-refractivity contribution is 6.06. The number of imidazole rings is 1. The molecule has 1 N–H and O–H groups in total. The van der Waals surface area contributed by atoms with E-state index in [9.17, 15) is 4.79 Å². The summed E-state index contributed by atoms with van der Waals surface area (Å²) in [7, 11) is 3.36. The van der Waals surface area contributed by atoms with E-state index in [-0.39, 0.29) is 5.91 Å². The van der Waals surface area contributed by atoms with Gasteiger partial charge in [-0.1, -0.05) is 0 Å². The van der Waals surface area contributed by atoms with Crippen LogP contribution in [-0.2, 0) is 0 Å². The summed E-state index contributed by atoms with van der Waals surface area (Å²) in [5.41, 5.74) is 3.25. The smallest absolute Gasteiger partial charge is 0.258 e. The van der Waals surface area contributed by atoms with Crippen LogP contribution in [0, 0.1) is 6.92 Å². The molecule has 5 heteroatoms. The van der Waals surface area contributed by atoms with Gasteiger partial charge in [0.2, 0.25) is 0 Å². The summed E-state index contributed by atoms with van der Waals surface area (Å²) in [6.45, 7) is 1.91. The Labute approximate surface area is 128 Å². The van der Waals surface area contributed by atoms with Crippen LogP contribution in [0.3, 0.4) is 0 Å². The van der Waals surface area contributed by atoms with Gasteiger partial charge in [-0.15, -0.1) is 0 Å². The van der Waals surface area contributed by atoms with E-state index in [1.54, 1.807) is 43.3 Å². The van der Waals surface area contributed by atoms with Gasteiger partial charge in [-0.05, 0) is 49.4 Å². The Morgan fingerprint density at radius 1 is 1.18 bits per heavy atom. The third-order valence-corrected chi connectivity index (χ3v) is 3.61. The normalized spacial score (nSPS) is 10.7. The molecule has 0 spiro atoms. The molecule has 0 radical (unpaired) electrons. The average Bonchev–Trinajstić information content (AvgIpc) is 2.92. The molecule has 0 atom stereocenters. The van der Waals surface area contributed by atoms with Gasteiger partial charge < -0.3 is 14.6 Å². The van der Waals surface area contributed by atoms with Gasteiger partial charge >= 0.3 is 0 Å². The predicted molar refractivity (Wildman–Crippen MR) is 86.6 cm³/mol. The van der Waals surface area contributed by atoms with Crippen LogP contribution in [0.2, 0.25) is 0 Å². The van der Waals surface area contributed by atoms with Crippen LogP contribution in [0.25, 0.3) is 11.0 Å². The summed E-state index contributed by atoms with van der Waals surface area (Å²) in [5.74, 6) is 1.52. The molecule has 2 aromatic carbocycles. The first-order chi connectivity index (χ1) is 10.6. The van der Waals surface area contributed by atoms with Crippen LogP contribution in [0.5, 0.6) is 5.75 Å². The van der Waals surface area contributed by atoms with Gasteiger partial charge in [0.15, 0.2) is 0 Å². The number of H-pyrrole nitrogens is 1. The molecule has 0 aliphatic carbocycles. The minimum absolute atomic E-state index is 0.0711. The van der Waals surface area contributed by atoms with Crippen molar-refractivity contribution < 1.29 is 9.53 Å². The molecule has 0 aliphatic rings. The maximum atomic E-state index is 12.5. The zero-order valence-corrected chi connectivity index (χ0v) is 12.8. The number of aromatic nitrogens is 2. The molecule has 1 amide bonds. The summed E-state index contributed by atoms with van der Waals surface area (Å²) >= 11 is 0. The molecule has 1 aromatic heterocycles. The van der Waals surface area contributed by atoms with Crippen LogP contribution >= 0.6 is 0 Å². The molecule has 0 saturated carbocycles. The van der Waals surface area contributed by atoms with Crippen LogP contribution in [-0.4, -0.2) is 30.0 Å². The van der Waals surface area contributed by atoms with Gasteiger partial charge in [0.25, 0.3) is 5.91 Å². The maximum absolute atomic E-state index is 12.5. The number of carbonyl (C=O) groups excluding carboxylic acids is 1. The third kappa shape index (κ3) is 2.53. The lowest BCUT2D eigenvalue weighted by atomic mass is 10.1. The molecule has 0 unspecified atom stereocenters. The number of rotatable bonds is 3. The summed E-state index contributed by atoms with van der Waals surface area (Å²) in [5, 5.41) is 0. The number of fused-ring (bicyclic) bond motifs is 1. The topological polar surface area (TPSA) is 58.2 Å². The SMILES string of the molecule is COc1ccc(C(=O)N(C)c2ccc3nc(C)[nH]c3c2)cc1. The van der Waals surface area contributed by atoms with Crippen molar-refractivity contribution in [3.63, 3.8) is 0 Å². The summed E-state index contributed by atoms with van der Waals surface area (Å²) in [6, 6.07) is 12.8. The molecule has 0 aliphatic heterocycles. The number of aromatic amines is 1. The standard InChI is InChI=1S/C17H17N3O2/c1-11-18-15-9-6-13(10-16(15)19-11)20(2)17(21)12-4-7-14(22-3)8-5-12/h4-10H,1-3H3,(H,18,19). The van der Waals surface area contributed by atoms with Crippen LogP contribution in [0.15, 0.2) is 42.5 Å². The first-order valence-corrected chi connectivity index (χ1v) is 6.97. The van der Waals surface area contributed by atoms with Gasteiger partial charge in [-0.25, -0.2) is 4.98 Å². The van der Waals surface area contributed by atoms with Crippen LogP contribution < -0.4 is 9.64 Å². The van der Waals surface area contributed by atoms with Crippen molar-refractivity contribution >= 4 is 22.6 Å². The predicted octanol–water partition coefficient (Wildman–Crippen LogP) is 3.16. The number of carbonyl (C=O) groups is 1. The van der Waals surface area contributed by atoms with Crippen molar-refractivity contribution in [2.75, 3.05) is 19.1 Å². The Balaban J connectivity index is 1.89. The third-order valence-electron chi connectivity index (χ3n) is 3.61. The number of benzene rings is 2. The minimum atomic E-state index is -0.0711. The number of anilines is 1. The lowest BCUT2D eigenvalue weighted by Gasteiger charge is -2.17. The lowest BCUT2D eigenvalue weighted by Crippen LogP contribution is -2.26. The largest absolute Gasteiger partial charge is 0.497 e. The summed E-state index contributed by atoms with van der Waals surface area (Å²) in [6.07, 6.45) is 0. The Kier molecular flexibility index (Phi) is 3.55. The molecule has 0 bridgehead atoms. The zero-order chi connectivity index (χ0) is 15.7. The number of aryl methyl sites for hydroxylation is 1. The van der Waals surface area contributed by atoms with Crippen molar-refractivity contribution in [1.29, 1.82) is 0 Å². The Morgan fingerprint density at radius 2 is 1.91 bits per heavy atom. The second-order valence-electron chi connectivity index (χ2n) is 5.12. The zero-order valence-electron chi connectivity index (χ0n) is 12.8. The Bertz CT molecular complexity index is 822. The Hall–Kier alpha value is -2.82. The molecule has 5 nitrogen and oxygen atoms in total. The van der Waals surface area contributed by atoms with Gasteiger partial charge in [0.05, 0.1) is 18.1 Å². The minimum Gasteiger partial charge on any atom is -0.497 e. The van der Waals surface area contributed by atoms with E-state index in [0.29, 0.717) is 5.56 Å². The van der Waals surface area contributed by atoms with Crippen molar-refractivity contribution in [3.8, 4) is 5.75 Å². The molecule has 0 fully saturated rings. The second-order valence-corrected chi connectivity index (χ2v) is 5.12. The highest BCUT2D eigenvalue weighted by Crippen LogP contribution is 2.22. The fourth-order valence-corrected chi connectivity index (χ4v) is 2.38. The quantitative estimate of drug-likeness (QED) is 0.807. The number of hydrogen-bond donors (Lipinski definition) is 1. The van der Waals surface area contributed by atoms with Gasteiger partial charge in [-0.3, -0.25) is 4.79 Å². The molecule has 112 valence electrons. The number of ether oxygens (including phenoxy) is 1. The maximum Gasteiger partial charge on any atom is 0.258 e. The number of methoxy groups -OCH3 is 1. The van der Waals surface area contributed by atoms with Crippen molar-refractivity contribution in [3.05, 3.63) is 53.9 Å². The van der Waals surface area contributed by atoms with E-state index in [1.807, 2.05) is 25.1 Å². The molecule has 0 saturated heterocycles. The molecule has 1 heterocycles. The summed E-state index contributed by atoms with van der Waals surface area (Å²) < 4.78 is 5.11. The first kappa shape index (κ1) is 14.1. The molecule has 3 aromatic rings. The van der Waals surface area contributed by atoms with Crippen LogP contribution in [0.1, 0.15) is 16.2 Å². The van der Waals surface area contributed by atoms with E-state index in [2.05, 4.69) is 9.97 Å². The Morgan fingerprint density at radius 3 is 2.59 bits per heavy atom. The molecule has 22 heavy (non-hydrogen) atoms. The van der Waals surface area contributed by atoms with Crippen molar-refractivity contribution in [1.82, 2.24) is 9.97 Å². The van der Waals surface area contributed by atoms with E-state index >= 15 is 0 Å². The van der Waals surface area contributed by atoms with E-state index < -0.39 is 0 Å². The second kappa shape index (κ2) is 5.52. The first-order valence-electron chi connectivity index (χ1n) is 6.97. The monoisotopic (exact) mass is 295 g/mol. The summed E-state index contributed by atoms with van der Waals surface area (Å²) in [4.78, 5) is 21.7.